The molecule has 1 amide bonds. The average molecular weight is 276 g/mol. The third kappa shape index (κ3) is 2.90. The zero-order valence-electron chi connectivity index (χ0n) is 11.0. The highest BCUT2D eigenvalue weighted by molar-refractivity contribution is 5.96. The molecule has 4 N–H and O–H groups in total. The van der Waals surface area contributed by atoms with Gasteiger partial charge in [0.25, 0.3) is 0 Å². The molecule has 0 bridgehead atoms. The lowest BCUT2D eigenvalue weighted by Gasteiger charge is -2.07. The van der Waals surface area contributed by atoms with E-state index in [1.165, 1.54) is 6.92 Å². The minimum Gasteiger partial charge on any atom is -0.508 e. The fraction of sp³-hybridized carbons (Fsp3) is 0.286. The second-order valence-corrected chi connectivity index (χ2v) is 4.64. The molecule has 0 saturated carbocycles. The van der Waals surface area contributed by atoms with Crippen LogP contribution in [-0.2, 0) is 16.0 Å². The van der Waals surface area contributed by atoms with Crippen molar-refractivity contribution in [2.45, 2.75) is 13.3 Å². The molecular weight excluding hydrogens is 260 g/mol. The van der Waals surface area contributed by atoms with Gasteiger partial charge in [0.1, 0.15) is 11.7 Å². The van der Waals surface area contributed by atoms with Gasteiger partial charge in [-0.25, -0.2) is 0 Å². The lowest BCUT2D eigenvalue weighted by molar-refractivity contribution is -0.146. The van der Waals surface area contributed by atoms with E-state index in [-0.39, 0.29) is 5.75 Å². The Hall–Kier alpha value is -2.50. The molecule has 0 aliphatic heterocycles. The Morgan fingerprint density at radius 3 is 2.85 bits per heavy atom. The molecule has 1 aromatic heterocycles. The number of carbonyl (C=O) groups is 2. The monoisotopic (exact) mass is 276 g/mol. The molecule has 0 fully saturated rings. The summed E-state index contributed by atoms with van der Waals surface area (Å²) in [6, 6.07) is 5.03. The maximum absolute atomic E-state index is 11.5. The highest BCUT2D eigenvalue weighted by Gasteiger charge is 2.19. The fourth-order valence-corrected chi connectivity index (χ4v) is 1.96. The molecule has 1 atom stereocenters. The first-order valence-electron chi connectivity index (χ1n) is 6.28. The summed E-state index contributed by atoms with van der Waals surface area (Å²) in [5.74, 6) is -2.51. The Morgan fingerprint density at radius 1 is 1.40 bits per heavy atom. The van der Waals surface area contributed by atoms with Crippen molar-refractivity contribution < 1.29 is 19.8 Å². The summed E-state index contributed by atoms with van der Waals surface area (Å²) in [6.45, 7) is 1.69. The number of H-pyrrole nitrogens is 1. The van der Waals surface area contributed by atoms with E-state index in [2.05, 4.69) is 10.3 Å². The van der Waals surface area contributed by atoms with Crippen LogP contribution in [0.3, 0.4) is 0 Å². The molecule has 0 saturated heterocycles. The molecule has 2 rings (SSSR count). The first-order chi connectivity index (χ1) is 9.49. The van der Waals surface area contributed by atoms with Crippen LogP contribution < -0.4 is 5.32 Å². The number of nitrogens with one attached hydrogen (secondary N) is 2. The number of aromatic hydroxyl groups is 1. The van der Waals surface area contributed by atoms with E-state index >= 15 is 0 Å². The van der Waals surface area contributed by atoms with Crippen LogP contribution in [-0.4, -0.2) is 33.6 Å². The van der Waals surface area contributed by atoms with Gasteiger partial charge in [-0.2, -0.15) is 0 Å². The number of aromatic nitrogens is 1. The molecule has 1 unspecified atom stereocenters. The number of phenolic OH excluding ortho intramolecular Hbond substituents is 1. The molecule has 6 nitrogen and oxygen atoms in total. The summed E-state index contributed by atoms with van der Waals surface area (Å²) in [5.41, 5.74) is 1.86. The fourth-order valence-electron chi connectivity index (χ4n) is 1.96. The molecule has 20 heavy (non-hydrogen) atoms. The van der Waals surface area contributed by atoms with E-state index in [9.17, 15) is 14.7 Å². The predicted molar refractivity (Wildman–Crippen MR) is 73.5 cm³/mol. The SMILES string of the molecule is CC(C(=O)O)C(=O)NCCc1c[nH]c2ccc(O)cc12. The lowest BCUT2D eigenvalue weighted by atomic mass is 10.1. The van der Waals surface area contributed by atoms with Crippen LogP contribution in [0.1, 0.15) is 12.5 Å². The Bertz CT molecular complexity index is 648. The van der Waals surface area contributed by atoms with Gasteiger partial charge in [-0.1, -0.05) is 0 Å². The lowest BCUT2D eigenvalue weighted by Crippen LogP contribution is -2.34. The van der Waals surface area contributed by atoms with Gasteiger partial charge >= 0.3 is 5.97 Å². The highest BCUT2D eigenvalue weighted by Crippen LogP contribution is 2.22. The van der Waals surface area contributed by atoms with Gasteiger partial charge in [0.05, 0.1) is 0 Å². The number of fused-ring (bicyclic) bond motifs is 1. The summed E-state index contributed by atoms with van der Waals surface area (Å²) in [7, 11) is 0. The molecular formula is C14H16N2O4. The molecule has 0 aliphatic carbocycles. The number of carboxylic acids is 1. The van der Waals surface area contributed by atoms with Crippen LogP contribution >= 0.6 is 0 Å². The van der Waals surface area contributed by atoms with Gasteiger partial charge in [-0.15, -0.1) is 0 Å². The van der Waals surface area contributed by atoms with Crippen molar-refractivity contribution in [3.8, 4) is 5.75 Å². The smallest absolute Gasteiger partial charge is 0.315 e. The number of rotatable bonds is 5. The van der Waals surface area contributed by atoms with Crippen molar-refractivity contribution >= 4 is 22.8 Å². The van der Waals surface area contributed by atoms with Crippen molar-refractivity contribution in [3.05, 3.63) is 30.0 Å². The molecule has 0 radical (unpaired) electrons. The Labute approximate surface area is 115 Å². The number of benzene rings is 1. The number of carbonyl (C=O) groups excluding carboxylic acids is 1. The zero-order chi connectivity index (χ0) is 14.7. The van der Waals surface area contributed by atoms with E-state index in [1.807, 2.05) is 6.20 Å². The number of hydrogen-bond donors (Lipinski definition) is 4. The molecule has 1 aromatic carbocycles. The number of aliphatic carboxylic acids is 1. The summed E-state index contributed by atoms with van der Waals surface area (Å²) < 4.78 is 0. The van der Waals surface area contributed by atoms with Crippen molar-refractivity contribution in [2.24, 2.45) is 5.92 Å². The molecule has 2 aromatic rings. The van der Waals surface area contributed by atoms with E-state index in [4.69, 9.17) is 5.11 Å². The topological polar surface area (TPSA) is 102 Å². The summed E-state index contributed by atoms with van der Waals surface area (Å²) in [5, 5.41) is 21.7. The van der Waals surface area contributed by atoms with Gasteiger partial charge in [0.15, 0.2) is 0 Å². The third-order valence-electron chi connectivity index (χ3n) is 3.21. The van der Waals surface area contributed by atoms with Crippen molar-refractivity contribution in [1.29, 1.82) is 0 Å². The van der Waals surface area contributed by atoms with Crippen LogP contribution in [0.25, 0.3) is 10.9 Å². The molecule has 106 valence electrons. The number of phenols is 1. The molecule has 0 aliphatic rings. The highest BCUT2D eigenvalue weighted by atomic mass is 16.4. The van der Waals surface area contributed by atoms with E-state index < -0.39 is 17.8 Å². The Kier molecular flexibility index (Phi) is 3.93. The largest absolute Gasteiger partial charge is 0.508 e. The second-order valence-electron chi connectivity index (χ2n) is 4.64. The van der Waals surface area contributed by atoms with Gasteiger partial charge in [0.2, 0.25) is 5.91 Å². The zero-order valence-corrected chi connectivity index (χ0v) is 11.0. The summed E-state index contributed by atoms with van der Waals surface area (Å²) >= 11 is 0. The minimum absolute atomic E-state index is 0.182. The summed E-state index contributed by atoms with van der Waals surface area (Å²) in [6.07, 6.45) is 2.37. The van der Waals surface area contributed by atoms with Crippen LogP contribution in [0.5, 0.6) is 5.75 Å². The number of aromatic amines is 1. The van der Waals surface area contributed by atoms with Gasteiger partial charge in [-0.05, 0) is 37.1 Å². The predicted octanol–water partition coefficient (Wildman–Crippen LogP) is 1.25. The van der Waals surface area contributed by atoms with Crippen LogP contribution in [0.4, 0.5) is 0 Å². The van der Waals surface area contributed by atoms with Crippen LogP contribution in [0, 0.1) is 5.92 Å². The van der Waals surface area contributed by atoms with Gasteiger partial charge < -0.3 is 20.5 Å². The van der Waals surface area contributed by atoms with E-state index in [0.29, 0.717) is 13.0 Å². The van der Waals surface area contributed by atoms with Crippen molar-refractivity contribution in [1.82, 2.24) is 10.3 Å². The number of hydrogen-bond acceptors (Lipinski definition) is 3. The average Bonchev–Trinajstić information content (AvgIpc) is 2.80. The standard InChI is InChI=1S/C14H16N2O4/c1-8(14(19)20)13(18)15-5-4-9-7-16-12-3-2-10(17)6-11(9)12/h2-3,6-8,16-17H,4-5H2,1H3,(H,15,18)(H,19,20). The first-order valence-corrected chi connectivity index (χ1v) is 6.28. The first kappa shape index (κ1) is 13.9. The van der Waals surface area contributed by atoms with E-state index in [1.54, 1.807) is 18.2 Å². The maximum Gasteiger partial charge on any atom is 0.315 e. The van der Waals surface area contributed by atoms with Gasteiger partial charge in [0, 0.05) is 23.6 Å². The Balaban J connectivity index is 1.98. The quantitative estimate of drug-likeness (QED) is 0.617. The number of carboxylic acid groups (broad SMARTS) is 1. The Morgan fingerprint density at radius 2 is 2.15 bits per heavy atom. The minimum atomic E-state index is -1.14. The summed E-state index contributed by atoms with van der Waals surface area (Å²) in [4.78, 5) is 25.2. The normalized spacial score (nSPS) is 12.2. The second kappa shape index (κ2) is 5.64. The van der Waals surface area contributed by atoms with Crippen LogP contribution in [0.15, 0.2) is 24.4 Å². The molecule has 0 spiro atoms. The number of amides is 1. The third-order valence-corrected chi connectivity index (χ3v) is 3.21. The maximum atomic E-state index is 11.5. The molecule has 1 heterocycles. The van der Waals surface area contributed by atoms with Crippen molar-refractivity contribution in [3.63, 3.8) is 0 Å². The van der Waals surface area contributed by atoms with Crippen molar-refractivity contribution in [2.75, 3.05) is 6.54 Å². The van der Waals surface area contributed by atoms with E-state index in [0.717, 1.165) is 16.5 Å². The molecule has 6 heteroatoms. The van der Waals surface area contributed by atoms with Crippen LogP contribution in [0.2, 0.25) is 0 Å². The van der Waals surface area contributed by atoms with Gasteiger partial charge in [-0.3, -0.25) is 9.59 Å².